The molecule has 1 heterocycles. The Morgan fingerprint density at radius 2 is 1.33 bits per heavy atom. The molecule has 0 saturated carbocycles. The Morgan fingerprint density at radius 1 is 0.651 bits per heavy atom. The quantitative estimate of drug-likeness (QED) is 0.231. The predicted molar refractivity (Wildman–Crippen MR) is 183 cm³/mol. The van der Waals surface area contributed by atoms with E-state index in [9.17, 15) is 0 Å². The molecule has 2 aliphatic rings. The number of nitrogens with one attached hydrogen (secondary N) is 1. The van der Waals surface area contributed by atoms with E-state index in [0.29, 0.717) is 5.92 Å². The topological polar surface area (TPSA) is 24.4 Å². The lowest BCUT2D eigenvalue weighted by atomic mass is 9.92. The summed E-state index contributed by atoms with van der Waals surface area (Å²) in [7, 11) is 0. The van der Waals surface area contributed by atoms with E-state index in [1.54, 1.807) is 0 Å². The van der Waals surface area contributed by atoms with E-state index < -0.39 is 0 Å². The zero-order valence-corrected chi connectivity index (χ0v) is 24.2. The molecule has 2 nitrogen and oxygen atoms in total. The molecule has 206 valence electrons. The fourth-order valence-corrected chi connectivity index (χ4v) is 6.47. The maximum absolute atomic E-state index is 5.34. The minimum Gasteiger partial charge on any atom is -0.359 e. The highest BCUT2D eigenvalue weighted by atomic mass is 15.1. The van der Waals surface area contributed by atoms with Gasteiger partial charge in [0.1, 0.15) is 6.17 Å². The van der Waals surface area contributed by atoms with Crippen LogP contribution in [0, 0.1) is 5.92 Å². The Labute approximate surface area is 252 Å². The van der Waals surface area contributed by atoms with Crippen LogP contribution >= 0.6 is 0 Å². The van der Waals surface area contributed by atoms with Gasteiger partial charge < -0.3 is 5.32 Å². The van der Waals surface area contributed by atoms with Crippen molar-refractivity contribution in [2.24, 2.45) is 10.9 Å². The lowest BCUT2D eigenvalue weighted by Gasteiger charge is -2.26. The summed E-state index contributed by atoms with van der Waals surface area (Å²) in [4.78, 5) is 5.34. The Hall–Kier alpha value is -5.21. The van der Waals surface area contributed by atoms with E-state index in [1.165, 1.54) is 54.6 Å². The second-order valence-electron chi connectivity index (χ2n) is 11.7. The Morgan fingerprint density at radius 3 is 2.12 bits per heavy atom. The minimum absolute atomic E-state index is 0.217. The Kier molecular flexibility index (Phi) is 6.26. The normalized spacial score (nSPS) is 18.3. The molecule has 2 unspecified atom stereocenters. The number of nitrogens with zero attached hydrogens (tertiary/aromatic N) is 1. The lowest BCUT2D eigenvalue weighted by molar-refractivity contribution is 0.670. The van der Waals surface area contributed by atoms with Gasteiger partial charge in [0.25, 0.3) is 0 Å². The van der Waals surface area contributed by atoms with Crippen molar-refractivity contribution in [3.8, 4) is 0 Å². The predicted octanol–water partition coefficient (Wildman–Crippen LogP) is 10.3. The standard InChI is InChI=1S/C41H32N2/c1-27-16-18-28(19-17-27)31-20-21-33-25-34(23-22-32(33)24-31)39-26-40(37-14-6-10-29-8-2-4-12-35(29)37)43-41(42-39)38-15-7-11-30-9-3-5-13-36(30)38/h2-16,18-27,41,43H,17H2,1H3. The van der Waals surface area contributed by atoms with Crippen LogP contribution in [-0.2, 0) is 0 Å². The van der Waals surface area contributed by atoms with Crippen molar-refractivity contribution in [1.29, 1.82) is 0 Å². The van der Waals surface area contributed by atoms with Crippen molar-refractivity contribution in [1.82, 2.24) is 5.32 Å². The zero-order valence-electron chi connectivity index (χ0n) is 24.2. The zero-order chi connectivity index (χ0) is 28.8. The van der Waals surface area contributed by atoms with Crippen LogP contribution in [0.4, 0.5) is 0 Å². The summed E-state index contributed by atoms with van der Waals surface area (Å²) in [5.41, 5.74) is 8.14. The summed E-state index contributed by atoms with van der Waals surface area (Å²) in [6.07, 6.45) is 10.0. The summed E-state index contributed by atoms with van der Waals surface area (Å²) < 4.78 is 0. The van der Waals surface area contributed by atoms with Crippen LogP contribution in [-0.4, -0.2) is 5.71 Å². The maximum Gasteiger partial charge on any atom is 0.146 e. The SMILES string of the molecule is CC1C=CC(c2ccc3cc(C4=NC(c5cccc6ccccc56)NC(c5cccc6ccccc56)=C4)ccc3c2)=CC1. The van der Waals surface area contributed by atoms with Crippen LogP contribution in [0.15, 0.2) is 151 Å². The van der Waals surface area contributed by atoms with Gasteiger partial charge in [-0.05, 0) is 74.0 Å². The average molecular weight is 553 g/mol. The van der Waals surface area contributed by atoms with Gasteiger partial charge in [0, 0.05) is 22.4 Å². The van der Waals surface area contributed by atoms with Gasteiger partial charge >= 0.3 is 0 Å². The van der Waals surface area contributed by atoms with Crippen LogP contribution in [0.5, 0.6) is 0 Å². The largest absolute Gasteiger partial charge is 0.359 e. The third-order valence-corrected chi connectivity index (χ3v) is 8.82. The molecule has 1 N–H and O–H groups in total. The number of rotatable bonds is 4. The second-order valence-corrected chi connectivity index (χ2v) is 11.7. The number of allylic oxidation sites excluding steroid dienone is 5. The van der Waals surface area contributed by atoms with Crippen LogP contribution in [0.2, 0.25) is 0 Å². The van der Waals surface area contributed by atoms with Crippen molar-refractivity contribution < 1.29 is 0 Å². The molecule has 1 aliphatic carbocycles. The first-order valence-electron chi connectivity index (χ1n) is 15.1. The first-order valence-corrected chi connectivity index (χ1v) is 15.1. The Balaban J connectivity index is 1.25. The third kappa shape index (κ3) is 4.75. The second kappa shape index (κ2) is 10.6. The van der Waals surface area contributed by atoms with Crippen molar-refractivity contribution in [3.05, 3.63) is 168 Å². The molecule has 0 radical (unpaired) electrons. The van der Waals surface area contributed by atoms with Gasteiger partial charge in [-0.15, -0.1) is 0 Å². The van der Waals surface area contributed by atoms with E-state index >= 15 is 0 Å². The maximum atomic E-state index is 5.34. The van der Waals surface area contributed by atoms with Crippen molar-refractivity contribution in [3.63, 3.8) is 0 Å². The van der Waals surface area contributed by atoms with Crippen molar-refractivity contribution >= 4 is 49.3 Å². The van der Waals surface area contributed by atoms with Gasteiger partial charge in [0.2, 0.25) is 0 Å². The summed E-state index contributed by atoms with van der Waals surface area (Å²) in [6, 6.07) is 43.8. The molecular weight excluding hydrogens is 520 g/mol. The molecule has 2 heteroatoms. The molecular formula is C41H32N2. The van der Waals surface area contributed by atoms with E-state index in [2.05, 4.69) is 158 Å². The lowest BCUT2D eigenvalue weighted by Crippen LogP contribution is -2.25. The third-order valence-electron chi connectivity index (χ3n) is 8.82. The fraction of sp³-hybridized carbons (Fsp3) is 0.0976. The highest BCUT2D eigenvalue weighted by Gasteiger charge is 2.22. The van der Waals surface area contributed by atoms with E-state index in [-0.39, 0.29) is 6.17 Å². The number of aliphatic imine (C=N–C) groups is 1. The van der Waals surface area contributed by atoms with E-state index in [4.69, 9.17) is 4.99 Å². The molecule has 0 aromatic heterocycles. The van der Waals surface area contributed by atoms with Gasteiger partial charge in [0.05, 0.1) is 5.71 Å². The van der Waals surface area contributed by atoms with E-state index in [0.717, 1.165) is 23.4 Å². The highest BCUT2D eigenvalue weighted by Crippen LogP contribution is 2.34. The summed E-state index contributed by atoms with van der Waals surface area (Å²) in [6.45, 7) is 2.26. The first-order chi connectivity index (χ1) is 21.2. The van der Waals surface area contributed by atoms with Crippen LogP contribution in [0.25, 0.3) is 43.6 Å². The average Bonchev–Trinajstić information content (AvgIpc) is 3.07. The summed E-state index contributed by atoms with van der Waals surface area (Å²) in [5, 5.41) is 11.2. The molecule has 0 bridgehead atoms. The summed E-state index contributed by atoms with van der Waals surface area (Å²) in [5.74, 6) is 0.613. The van der Waals surface area contributed by atoms with Gasteiger partial charge in [-0.25, -0.2) is 0 Å². The molecule has 1 aliphatic heterocycles. The van der Waals surface area contributed by atoms with Crippen molar-refractivity contribution in [2.75, 3.05) is 0 Å². The monoisotopic (exact) mass is 552 g/mol. The van der Waals surface area contributed by atoms with Gasteiger partial charge in [-0.2, -0.15) is 0 Å². The van der Waals surface area contributed by atoms with Gasteiger partial charge in [0.15, 0.2) is 0 Å². The van der Waals surface area contributed by atoms with Crippen molar-refractivity contribution in [2.45, 2.75) is 19.5 Å². The smallest absolute Gasteiger partial charge is 0.146 e. The van der Waals surface area contributed by atoms with Crippen LogP contribution in [0.3, 0.4) is 0 Å². The molecule has 43 heavy (non-hydrogen) atoms. The molecule has 0 spiro atoms. The summed E-state index contributed by atoms with van der Waals surface area (Å²) >= 11 is 0. The molecule has 0 fully saturated rings. The molecule has 0 saturated heterocycles. The number of hydrogen-bond acceptors (Lipinski definition) is 2. The number of hydrogen-bond donors (Lipinski definition) is 1. The minimum atomic E-state index is -0.217. The fourth-order valence-electron chi connectivity index (χ4n) is 6.47. The molecule has 6 aromatic rings. The van der Waals surface area contributed by atoms with Crippen LogP contribution < -0.4 is 5.32 Å². The Bertz CT molecular complexity index is 2150. The molecule has 6 aromatic carbocycles. The van der Waals surface area contributed by atoms with Gasteiger partial charge in [-0.1, -0.05) is 134 Å². The van der Waals surface area contributed by atoms with Gasteiger partial charge in [-0.3, -0.25) is 4.99 Å². The number of benzene rings is 6. The van der Waals surface area contributed by atoms with E-state index in [1.807, 2.05) is 0 Å². The molecule has 0 amide bonds. The number of fused-ring (bicyclic) bond motifs is 3. The highest BCUT2D eigenvalue weighted by molar-refractivity contribution is 6.15. The molecule has 2 atom stereocenters. The first kappa shape index (κ1) is 25.5. The van der Waals surface area contributed by atoms with Crippen LogP contribution in [0.1, 0.15) is 41.8 Å². The molecule has 8 rings (SSSR count).